The summed E-state index contributed by atoms with van der Waals surface area (Å²) in [6, 6.07) is 5.60. The highest BCUT2D eigenvalue weighted by atomic mass is 79.9. The van der Waals surface area contributed by atoms with E-state index in [1.165, 1.54) is 0 Å². The van der Waals surface area contributed by atoms with E-state index in [-0.39, 0.29) is 0 Å². The molecular weight excluding hydrogens is 216 g/mol. The van der Waals surface area contributed by atoms with Gasteiger partial charge < -0.3 is 0 Å². The predicted octanol–water partition coefficient (Wildman–Crippen LogP) is 3.60. The Hall–Kier alpha value is -0.630. The van der Waals surface area contributed by atoms with E-state index in [9.17, 15) is 4.79 Å². The van der Waals surface area contributed by atoms with Gasteiger partial charge in [0, 0.05) is 10.0 Å². The van der Waals surface area contributed by atoms with Crippen molar-refractivity contribution < 1.29 is 4.79 Å². The molecule has 1 nitrogen and oxygen atoms in total. The lowest BCUT2D eigenvalue weighted by molar-refractivity contribution is 0.112. The van der Waals surface area contributed by atoms with Gasteiger partial charge in [-0.15, -0.1) is 0 Å². The summed E-state index contributed by atoms with van der Waals surface area (Å²) in [4.78, 5) is 10.3. The zero-order valence-corrected chi connectivity index (χ0v) is 9.18. The minimum Gasteiger partial charge on any atom is -0.298 e. The van der Waals surface area contributed by atoms with E-state index in [1.807, 2.05) is 32.9 Å². The van der Waals surface area contributed by atoms with Crippen LogP contribution in [0, 0.1) is 6.92 Å². The average molecular weight is 229 g/mol. The van der Waals surface area contributed by atoms with Crippen molar-refractivity contribution in [1.82, 2.24) is 0 Å². The molecule has 0 fully saturated rings. The Balaban J connectivity index is 0.000000561. The van der Waals surface area contributed by atoms with Crippen molar-refractivity contribution in [2.24, 2.45) is 0 Å². The number of halogens is 1. The largest absolute Gasteiger partial charge is 0.298 e. The van der Waals surface area contributed by atoms with Gasteiger partial charge >= 0.3 is 0 Å². The maximum atomic E-state index is 10.3. The summed E-state index contributed by atoms with van der Waals surface area (Å²) in [5.74, 6) is 0. The van der Waals surface area contributed by atoms with E-state index in [2.05, 4.69) is 15.9 Å². The highest BCUT2D eigenvalue weighted by Gasteiger charge is 1.92. The first-order chi connectivity index (χ1) is 5.72. The molecule has 0 saturated heterocycles. The number of aldehydes is 1. The Morgan fingerprint density at radius 3 is 2.25 bits per heavy atom. The Labute approximate surface area is 81.9 Å². The van der Waals surface area contributed by atoms with Crippen molar-refractivity contribution >= 4 is 22.2 Å². The van der Waals surface area contributed by atoms with Gasteiger partial charge in [0.15, 0.2) is 0 Å². The monoisotopic (exact) mass is 228 g/mol. The maximum Gasteiger partial charge on any atom is 0.150 e. The number of benzene rings is 1. The molecule has 0 heterocycles. The molecule has 66 valence electrons. The zero-order valence-electron chi connectivity index (χ0n) is 7.60. The zero-order chi connectivity index (χ0) is 9.56. The predicted molar refractivity (Wildman–Crippen MR) is 55.6 cm³/mol. The lowest BCUT2D eigenvalue weighted by Crippen LogP contribution is -1.80. The van der Waals surface area contributed by atoms with Crippen LogP contribution in [0.1, 0.15) is 29.8 Å². The average Bonchev–Trinajstić information content (AvgIpc) is 2.06. The fourth-order valence-electron chi connectivity index (χ4n) is 0.833. The molecule has 0 atom stereocenters. The van der Waals surface area contributed by atoms with Crippen LogP contribution in [0.15, 0.2) is 22.7 Å². The Morgan fingerprint density at radius 1 is 1.25 bits per heavy atom. The van der Waals surface area contributed by atoms with Crippen molar-refractivity contribution in [3.8, 4) is 0 Å². The van der Waals surface area contributed by atoms with Crippen LogP contribution in [0.4, 0.5) is 0 Å². The molecule has 0 amide bonds. The molecule has 1 rings (SSSR count). The van der Waals surface area contributed by atoms with Gasteiger partial charge in [-0.3, -0.25) is 4.79 Å². The van der Waals surface area contributed by atoms with Gasteiger partial charge in [-0.25, -0.2) is 0 Å². The molecule has 0 spiro atoms. The quantitative estimate of drug-likeness (QED) is 0.672. The second-order valence-corrected chi connectivity index (χ2v) is 3.10. The van der Waals surface area contributed by atoms with Crippen molar-refractivity contribution in [3.05, 3.63) is 33.8 Å². The number of rotatable bonds is 1. The van der Waals surface area contributed by atoms with Gasteiger partial charge in [0.1, 0.15) is 6.29 Å². The van der Waals surface area contributed by atoms with Gasteiger partial charge in [0.25, 0.3) is 0 Å². The third-order valence-electron chi connectivity index (χ3n) is 1.20. The molecule has 1 aromatic rings. The highest BCUT2D eigenvalue weighted by Crippen LogP contribution is 2.13. The standard InChI is InChI=1S/C8H7BrO.C2H6/c1-6-2-7(5-10)4-8(9)3-6;1-2/h2-5H,1H3;1-2H3. The Bertz CT molecular complexity index is 236. The van der Waals surface area contributed by atoms with Gasteiger partial charge in [-0.05, 0) is 30.7 Å². The molecule has 0 radical (unpaired) electrons. The molecule has 0 saturated carbocycles. The van der Waals surface area contributed by atoms with Crippen LogP contribution in [0.5, 0.6) is 0 Å². The topological polar surface area (TPSA) is 17.1 Å². The number of carbonyl (C=O) groups excluding carboxylic acids is 1. The third kappa shape index (κ3) is 3.67. The van der Waals surface area contributed by atoms with Crippen LogP contribution in [-0.4, -0.2) is 6.29 Å². The van der Waals surface area contributed by atoms with Crippen LogP contribution in [-0.2, 0) is 0 Å². The van der Waals surface area contributed by atoms with E-state index in [1.54, 1.807) is 6.07 Å². The molecule has 0 aliphatic carbocycles. The normalized spacial score (nSPS) is 8.33. The van der Waals surface area contributed by atoms with E-state index in [0.29, 0.717) is 5.56 Å². The fourth-order valence-corrected chi connectivity index (χ4v) is 1.46. The molecule has 2 heteroatoms. The van der Waals surface area contributed by atoms with Gasteiger partial charge in [-0.2, -0.15) is 0 Å². The van der Waals surface area contributed by atoms with Gasteiger partial charge in [0.2, 0.25) is 0 Å². The van der Waals surface area contributed by atoms with E-state index in [0.717, 1.165) is 16.3 Å². The lowest BCUT2D eigenvalue weighted by atomic mass is 10.2. The maximum absolute atomic E-state index is 10.3. The minimum atomic E-state index is 0.715. The molecule has 0 aromatic heterocycles. The van der Waals surface area contributed by atoms with Crippen molar-refractivity contribution in [1.29, 1.82) is 0 Å². The minimum absolute atomic E-state index is 0.715. The second-order valence-electron chi connectivity index (χ2n) is 2.18. The van der Waals surface area contributed by atoms with E-state index >= 15 is 0 Å². The number of carbonyl (C=O) groups is 1. The summed E-state index contributed by atoms with van der Waals surface area (Å²) in [6.45, 7) is 5.96. The third-order valence-corrected chi connectivity index (χ3v) is 1.66. The van der Waals surface area contributed by atoms with Crippen molar-refractivity contribution in [3.63, 3.8) is 0 Å². The lowest BCUT2D eigenvalue weighted by Gasteiger charge is -1.94. The Kier molecular flexibility index (Phi) is 5.64. The van der Waals surface area contributed by atoms with Crippen LogP contribution in [0.3, 0.4) is 0 Å². The summed E-state index contributed by atoms with van der Waals surface area (Å²) in [7, 11) is 0. The van der Waals surface area contributed by atoms with Crippen molar-refractivity contribution in [2.75, 3.05) is 0 Å². The van der Waals surface area contributed by atoms with Crippen LogP contribution < -0.4 is 0 Å². The first kappa shape index (κ1) is 11.4. The van der Waals surface area contributed by atoms with E-state index in [4.69, 9.17) is 0 Å². The molecule has 0 aliphatic rings. The first-order valence-electron chi connectivity index (χ1n) is 3.95. The molecule has 0 unspecified atom stereocenters. The van der Waals surface area contributed by atoms with Gasteiger partial charge in [0.05, 0.1) is 0 Å². The second kappa shape index (κ2) is 5.95. The summed E-state index contributed by atoms with van der Waals surface area (Å²) < 4.78 is 0.953. The fraction of sp³-hybridized carbons (Fsp3) is 0.300. The van der Waals surface area contributed by atoms with Crippen LogP contribution in [0.25, 0.3) is 0 Å². The SMILES string of the molecule is CC.Cc1cc(Br)cc(C=O)c1. The van der Waals surface area contributed by atoms with Crippen LogP contribution in [0.2, 0.25) is 0 Å². The first-order valence-corrected chi connectivity index (χ1v) is 4.74. The van der Waals surface area contributed by atoms with Crippen molar-refractivity contribution in [2.45, 2.75) is 20.8 Å². The number of hydrogen-bond acceptors (Lipinski definition) is 1. The molecular formula is C10H13BrO. The molecule has 1 aromatic carbocycles. The number of hydrogen-bond donors (Lipinski definition) is 0. The molecule has 12 heavy (non-hydrogen) atoms. The smallest absolute Gasteiger partial charge is 0.150 e. The summed E-state index contributed by atoms with van der Waals surface area (Å²) in [6.07, 6.45) is 0.845. The number of aryl methyl sites for hydroxylation is 1. The van der Waals surface area contributed by atoms with E-state index < -0.39 is 0 Å². The van der Waals surface area contributed by atoms with Crippen LogP contribution >= 0.6 is 15.9 Å². The molecule has 0 aliphatic heterocycles. The highest BCUT2D eigenvalue weighted by molar-refractivity contribution is 9.10. The molecule has 0 bridgehead atoms. The van der Waals surface area contributed by atoms with Gasteiger partial charge in [-0.1, -0.05) is 29.8 Å². The summed E-state index contributed by atoms with van der Waals surface area (Å²) in [5.41, 5.74) is 1.81. The Morgan fingerprint density at radius 2 is 1.83 bits per heavy atom. The summed E-state index contributed by atoms with van der Waals surface area (Å²) in [5, 5.41) is 0. The summed E-state index contributed by atoms with van der Waals surface area (Å²) >= 11 is 3.29. The molecule has 0 N–H and O–H groups in total.